The van der Waals surface area contributed by atoms with Crippen LogP contribution in [0.3, 0.4) is 0 Å². The van der Waals surface area contributed by atoms with E-state index >= 15 is 0 Å². The van der Waals surface area contributed by atoms with E-state index in [9.17, 15) is 19.2 Å². The van der Waals surface area contributed by atoms with E-state index in [1.54, 1.807) is 0 Å². The summed E-state index contributed by atoms with van der Waals surface area (Å²) in [6.45, 7) is 4.51. The summed E-state index contributed by atoms with van der Waals surface area (Å²) >= 11 is 6.23. The standard InChI is InChI=1S/C14H20ClNO8/c1-6(17)16-14-11(15)13(23-9(4)20)12(22-8(3)19)10(24-14)5-21-7(2)18/h10-14H,5H2,1-4H3,(H,16,17)/t10-,11+,12-,13-,14-/m1/s1. The summed E-state index contributed by atoms with van der Waals surface area (Å²) in [6, 6.07) is 0. The first-order valence-corrected chi connectivity index (χ1v) is 7.60. The first-order chi connectivity index (χ1) is 11.1. The first-order valence-electron chi connectivity index (χ1n) is 7.16. The Kier molecular flexibility index (Phi) is 7.43. The highest BCUT2D eigenvalue weighted by molar-refractivity contribution is 6.21. The Labute approximate surface area is 143 Å². The van der Waals surface area contributed by atoms with E-state index in [4.69, 9.17) is 30.5 Å². The average Bonchev–Trinajstić information content (AvgIpc) is 2.42. The summed E-state index contributed by atoms with van der Waals surface area (Å²) < 4.78 is 20.7. The second-order valence-corrected chi connectivity index (χ2v) is 5.69. The first kappa shape index (κ1) is 20.2. The Hall–Kier alpha value is -1.87. The van der Waals surface area contributed by atoms with Crippen molar-refractivity contribution in [1.29, 1.82) is 0 Å². The molecule has 0 unspecified atom stereocenters. The van der Waals surface area contributed by atoms with E-state index in [0.717, 1.165) is 6.92 Å². The Balaban J connectivity index is 3.08. The maximum absolute atomic E-state index is 11.4. The molecular formula is C14H20ClNO8. The van der Waals surface area contributed by atoms with Gasteiger partial charge in [0.25, 0.3) is 0 Å². The molecule has 0 radical (unpaired) electrons. The minimum absolute atomic E-state index is 0.273. The van der Waals surface area contributed by atoms with Crippen molar-refractivity contribution in [3.63, 3.8) is 0 Å². The number of alkyl halides is 1. The number of esters is 3. The van der Waals surface area contributed by atoms with Crippen molar-refractivity contribution < 1.29 is 38.1 Å². The van der Waals surface area contributed by atoms with Crippen LogP contribution in [0.2, 0.25) is 0 Å². The highest BCUT2D eigenvalue weighted by atomic mass is 35.5. The number of halogens is 1. The van der Waals surface area contributed by atoms with E-state index in [1.807, 2.05) is 0 Å². The Bertz CT molecular complexity index is 495. The molecule has 0 aliphatic carbocycles. The number of carbonyl (C=O) groups is 4. The monoisotopic (exact) mass is 365 g/mol. The van der Waals surface area contributed by atoms with Gasteiger partial charge in [-0.1, -0.05) is 0 Å². The summed E-state index contributed by atoms with van der Waals surface area (Å²) in [7, 11) is 0. The van der Waals surface area contributed by atoms with Gasteiger partial charge in [-0.2, -0.15) is 0 Å². The fraction of sp³-hybridized carbons (Fsp3) is 0.714. The number of hydrogen-bond acceptors (Lipinski definition) is 8. The molecule has 0 aromatic rings. The molecule has 1 saturated heterocycles. The molecule has 1 rings (SSSR count). The van der Waals surface area contributed by atoms with Crippen LogP contribution in [0.5, 0.6) is 0 Å². The molecule has 0 bridgehead atoms. The van der Waals surface area contributed by atoms with Gasteiger partial charge in [-0.15, -0.1) is 11.6 Å². The van der Waals surface area contributed by atoms with Crippen LogP contribution in [0.15, 0.2) is 0 Å². The zero-order chi connectivity index (χ0) is 18.4. The molecule has 1 amide bonds. The zero-order valence-corrected chi connectivity index (χ0v) is 14.5. The summed E-state index contributed by atoms with van der Waals surface area (Å²) in [5.41, 5.74) is 0. The molecule has 0 spiro atoms. The van der Waals surface area contributed by atoms with Gasteiger partial charge in [-0.25, -0.2) is 0 Å². The van der Waals surface area contributed by atoms with Gasteiger partial charge >= 0.3 is 17.9 Å². The van der Waals surface area contributed by atoms with E-state index in [-0.39, 0.29) is 6.61 Å². The summed E-state index contributed by atoms with van der Waals surface area (Å²) in [5.74, 6) is -2.31. The summed E-state index contributed by atoms with van der Waals surface area (Å²) in [5, 5.41) is 1.44. The predicted octanol–water partition coefficient (Wildman–Crippen LogP) is -0.119. The van der Waals surface area contributed by atoms with Crippen LogP contribution in [0.4, 0.5) is 0 Å². The molecule has 1 aliphatic heterocycles. The lowest BCUT2D eigenvalue weighted by Crippen LogP contribution is -2.63. The molecule has 1 N–H and O–H groups in total. The van der Waals surface area contributed by atoms with Crippen molar-refractivity contribution in [2.24, 2.45) is 0 Å². The Morgan fingerprint density at radius 3 is 1.96 bits per heavy atom. The van der Waals surface area contributed by atoms with Gasteiger partial charge in [0.05, 0.1) is 0 Å². The van der Waals surface area contributed by atoms with E-state index in [1.165, 1.54) is 20.8 Å². The zero-order valence-electron chi connectivity index (χ0n) is 13.7. The third-order valence-corrected chi connectivity index (χ3v) is 3.49. The van der Waals surface area contributed by atoms with Gasteiger partial charge in [0.1, 0.15) is 18.1 Å². The number of hydrogen-bond donors (Lipinski definition) is 1. The van der Waals surface area contributed by atoms with Gasteiger partial charge in [0, 0.05) is 27.7 Å². The molecule has 1 heterocycles. The number of ether oxygens (including phenoxy) is 4. The molecule has 0 aromatic carbocycles. The molecule has 136 valence electrons. The van der Waals surface area contributed by atoms with Crippen LogP contribution in [0.1, 0.15) is 27.7 Å². The number of rotatable bonds is 5. The highest BCUT2D eigenvalue weighted by Crippen LogP contribution is 2.29. The fourth-order valence-electron chi connectivity index (χ4n) is 2.21. The van der Waals surface area contributed by atoms with Crippen LogP contribution in [-0.2, 0) is 38.1 Å². The normalized spacial score (nSPS) is 29.3. The third kappa shape index (κ3) is 5.97. The topological polar surface area (TPSA) is 117 Å². The Morgan fingerprint density at radius 1 is 0.958 bits per heavy atom. The summed E-state index contributed by atoms with van der Waals surface area (Å²) in [4.78, 5) is 45.0. The minimum Gasteiger partial charge on any atom is -0.463 e. The second-order valence-electron chi connectivity index (χ2n) is 5.19. The van der Waals surface area contributed by atoms with Crippen molar-refractivity contribution in [2.45, 2.75) is 57.6 Å². The van der Waals surface area contributed by atoms with E-state index in [0.29, 0.717) is 0 Å². The molecule has 1 aliphatic rings. The van der Waals surface area contributed by atoms with Gasteiger partial charge in [-0.05, 0) is 0 Å². The summed E-state index contributed by atoms with van der Waals surface area (Å²) in [6.07, 6.45) is -4.20. The van der Waals surface area contributed by atoms with Crippen LogP contribution in [0, 0.1) is 0 Å². The minimum atomic E-state index is -1.10. The van der Waals surface area contributed by atoms with Crippen molar-refractivity contribution >= 4 is 35.4 Å². The molecule has 0 aromatic heterocycles. The fourth-order valence-corrected chi connectivity index (χ4v) is 2.53. The van der Waals surface area contributed by atoms with Crippen molar-refractivity contribution in [3.8, 4) is 0 Å². The molecule has 9 nitrogen and oxygen atoms in total. The van der Waals surface area contributed by atoms with E-state index < -0.39 is 53.7 Å². The average molecular weight is 366 g/mol. The van der Waals surface area contributed by atoms with Gasteiger partial charge in [-0.3, -0.25) is 19.2 Å². The quantitative estimate of drug-likeness (QED) is 0.407. The molecule has 24 heavy (non-hydrogen) atoms. The lowest BCUT2D eigenvalue weighted by molar-refractivity contribution is -0.217. The molecule has 10 heteroatoms. The maximum atomic E-state index is 11.4. The van der Waals surface area contributed by atoms with E-state index in [2.05, 4.69) is 5.32 Å². The number of nitrogens with one attached hydrogen (secondary N) is 1. The van der Waals surface area contributed by atoms with Crippen molar-refractivity contribution in [1.82, 2.24) is 5.32 Å². The molecule has 1 fully saturated rings. The number of carbonyl (C=O) groups excluding carboxylic acids is 4. The SMILES string of the molecule is CC(=O)N[C@@H]1O[C@H](COC(C)=O)[C@@H](OC(C)=O)[C@H](OC(C)=O)[C@@H]1Cl. The predicted molar refractivity (Wildman–Crippen MR) is 79.9 cm³/mol. The molecule has 0 saturated carbocycles. The van der Waals surface area contributed by atoms with Crippen molar-refractivity contribution in [3.05, 3.63) is 0 Å². The van der Waals surface area contributed by atoms with Crippen LogP contribution >= 0.6 is 11.6 Å². The highest BCUT2D eigenvalue weighted by Gasteiger charge is 2.49. The van der Waals surface area contributed by atoms with Gasteiger partial charge in [0.15, 0.2) is 18.4 Å². The maximum Gasteiger partial charge on any atom is 0.303 e. The van der Waals surface area contributed by atoms with Crippen LogP contribution in [0.25, 0.3) is 0 Å². The Morgan fingerprint density at radius 2 is 1.50 bits per heavy atom. The third-order valence-electron chi connectivity index (χ3n) is 3.02. The van der Waals surface area contributed by atoms with Gasteiger partial charge < -0.3 is 24.3 Å². The molecule has 5 atom stereocenters. The smallest absolute Gasteiger partial charge is 0.303 e. The lowest BCUT2D eigenvalue weighted by atomic mass is 9.99. The van der Waals surface area contributed by atoms with Crippen LogP contribution in [-0.4, -0.2) is 60.3 Å². The largest absolute Gasteiger partial charge is 0.463 e. The molecular weight excluding hydrogens is 346 g/mol. The lowest BCUT2D eigenvalue weighted by Gasteiger charge is -2.43. The van der Waals surface area contributed by atoms with Crippen LogP contribution < -0.4 is 5.32 Å². The van der Waals surface area contributed by atoms with Gasteiger partial charge in [0.2, 0.25) is 5.91 Å². The number of amides is 1. The van der Waals surface area contributed by atoms with Crippen molar-refractivity contribution in [2.75, 3.05) is 6.61 Å². The second kappa shape index (κ2) is 8.84.